The van der Waals surface area contributed by atoms with Crippen molar-refractivity contribution in [3.63, 3.8) is 0 Å². The predicted molar refractivity (Wildman–Crippen MR) is 43.8 cm³/mol. The van der Waals surface area contributed by atoms with Gasteiger partial charge in [0.1, 0.15) is 0 Å². The van der Waals surface area contributed by atoms with Gasteiger partial charge in [-0.1, -0.05) is 6.92 Å². The average Bonchev–Trinajstić information content (AvgIpc) is 1.67. The van der Waals surface area contributed by atoms with Crippen LogP contribution in [0.4, 0.5) is 0 Å². The normalized spacial score (nSPS) is 8.60. The van der Waals surface area contributed by atoms with E-state index in [-0.39, 0.29) is 31.1 Å². The summed E-state index contributed by atoms with van der Waals surface area (Å²) in [7, 11) is 1.86. The first-order valence-corrected chi connectivity index (χ1v) is 3.09. The van der Waals surface area contributed by atoms with Crippen LogP contribution < -0.4 is 5.32 Å². The molecular formula is C8H17NU. The molecule has 0 unspecified atom stereocenters. The van der Waals surface area contributed by atoms with E-state index in [0.717, 1.165) is 5.57 Å². The Morgan fingerprint density at radius 2 is 1.80 bits per heavy atom. The zero-order valence-electron chi connectivity index (χ0n) is 7.36. The average molecular weight is 365 g/mol. The SMILES string of the molecule is C[CH-]C.[CH2-]/C(C)=C\NC.[U+2]. The van der Waals surface area contributed by atoms with Crippen LogP contribution in [0.5, 0.6) is 0 Å². The third-order valence-electron chi connectivity index (χ3n) is 0.391. The quantitative estimate of drug-likeness (QED) is 0.703. The summed E-state index contributed by atoms with van der Waals surface area (Å²) in [5, 5.41) is 2.84. The third-order valence-corrected chi connectivity index (χ3v) is 0.391. The molecule has 0 rings (SSSR count). The molecule has 0 radical (unpaired) electrons. The Labute approximate surface area is 89.0 Å². The van der Waals surface area contributed by atoms with Gasteiger partial charge < -0.3 is 11.7 Å². The van der Waals surface area contributed by atoms with Crippen molar-refractivity contribution in [2.75, 3.05) is 7.05 Å². The van der Waals surface area contributed by atoms with Crippen molar-refractivity contribution >= 4 is 0 Å². The second-order valence-electron chi connectivity index (χ2n) is 1.86. The topological polar surface area (TPSA) is 12.0 Å². The molecule has 0 atom stereocenters. The van der Waals surface area contributed by atoms with Crippen LogP contribution in [-0.4, -0.2) is 7.05 Å². The summed E-state index contributed by atoms with van der Waals surface area (Å²) in [4.78, 5) is 0. The van der Waals surface area contributed by atoms with Gasteiger partial charge in [0.15, 0.2) is 0 Å². The summed E-state index contributed by atoms with van der Waals surface area (Å²) in [5.74, 6) is 0. The molecule has 10 heavy (non-hydrogen) atoms. The largest absolute Gasteiger partial charge is 2.00 e. The fourth-order valence-electron chi connectivity index (χ4n) is 0.246. The summed E-state index contributed by atoms with van der Waals surface area (Å²) in [6.07, 6.45) is 3.85. The smallest absolute Gasteiger partial charge is 0.470 e. The van der Waals surface area contributed by atoms with Crippen LogP contribution in [0.2, 0.25) is 0 Å². The van der Waals surface area contributed by atoms with Gasteiger partial charge in [-0.05, 0) is 7.05 Å². The molecule has 0 bridgehead atoms. The summed E-state index contributed by atoms with van der Waals surface area (Å²) >= 11 is 0. The van der Waals surface area contributed by atoms with E-state index in [0.29, 0.717) is 0 Å². The minimum absolute atomic E-state index is 0. The molecule has 1 N–H and O–H groups in total. The molecule has 0 spiro atoms. The molecule has 0 heterocycles. The zero-order valence-corrected chi connectivity index (χ0v) is 11.5. The van der Waals surface area contributed by atoms with Crippen molar-refractivity contribution in [2.45, 2.75) is 20.8 Å². The van der Waals surface area contributed by atoms with Crippen LogP contribution in [0.25, 0.3) is 0 Å². The van der Waals surface area contributed by atoms with Gasteiger partial charge in [-0.2, -0.15) is 13.8 Å². The van der Waals surface area contributed by atoms with Gasteiger partial charge in [0.2, 0.25) is 0 Å². The van der Waals surface area contributed by atoms with Gasteiger partial charge >= 0.3 is 31.1 Å². The van der Waals surface area contributed by atoms with Crippen LogP contribution in [0.1, 0.15) is 20.8 Å². The van der Waals surface area contributed by atoms with Gasteiger partial charge in [0, 0.05) is 0 Å². The van der Waals surface area contributed by atoms with Crippen LogP contribution in [-0.2, 0) is 0 Å². The van der Waals surface area contributed by atoms with Crippen molar-refractivity contribution in [1.82, 2.24) is 5.32 Å². The molecule has 1 nitrogen and oxygen atoms in total. The van der Waals surface area contributed by atoms with E-state index < -0.39 is 0 Å². The number of hydrogen-bond donors (Lipinski definition) is 1. The second-order valence-corrected chi connectivity index (χ2v) is 1.86. The van der Waals surface area contributed by atoms with Gasteiger partial charge in [-0.15, -0.1) is 6.20 Å². The van der Waals surface area contributed by atoms with Crippen molar-refractivity contribution in [3.05, 3.63) is 25.1 Å². The number of rotatable bonds is 1. The van der Waals surface area contributed by atoms with Gasteiger partial charge in [0.25, 0.3) is 0 Å². The van der Waals surface area contributed by atoms with E-state index in [1.165, 1.54) is 0 Å². The minimum atomic E-state index is 0. The molecule has 0 aromatic carbocycles. The molecule has 0 aliphatic carbocycles. The first-order chi connectivity index (χ1) is 4.18. The summed E-state index contributed by atoms with van der Waals surface area (Å²) in [5.41, 5.74) is 1.05. The van der Waals surface area contributed by atoms with E-state index in [9.17, 15) is 0 Å². The Bertz CT molecular complexity index is 65.7. The van der Waals surface area contributed by atoms with Gasteiger partial charge in [0.05, 0.1) is 0 Å². The van der Waals surface area contributed by atoms with Crippen molar-refractivity contribution < 1.29 is 31.1 Å². The molecular weight excluding hydrogens is 348 g/mol. The fourth-order valence-corrected chi connectivity index (χ4v) is 0.246. The standard InChI is InChI=1S/C5H10N.C3H7.U/c1-5(2)4-6-3;1-3-2;/h4,6H,1H2,2-3H3;3H,1-2H3;/q2*-1;+2/b5-4+;;. The van der Waals surface area contributed by atoms with Crippen LogP contribution in [0.15, 0.2) is 11.8 Å². The molecule has 0 amide bonds. The minimum Gasteiger partial charge on any atom is -0.470 e. The van der Waals surface area contributed by atoms with E-state index in [1.54, 1.807) is 0 Å². The van der Waals surface area contributed by atoms with Crippen molar-refractivity contribution in [2.24, 2.45) is 0 Å². The maximum atomic E-state index is 3.63. The molecule has 2 heteroatoms. The van der Waals surface area contributed by atoms with Crippen LogP contribution in [0, 0.1) is 44.5 Å². The van der Waals surface area contributed by atoms with Crippen LogP contribution >= 0.6 is 0 Å². The second kappa shape index (κ2) is 16.2. The number of nitrogens with one attached hydrogen (secondary N) is 1. The maximum Gasteiger partial charge on any atom is 2.00 e. The summed E-state index contributed by atoms with van der Waals surface area (Å²) in [6, 6.07) is 0. The first-order valence-electron chi connectivity index (χ1n) is 3.09. The molecule has 0 aliphatic heterocycles. The van der Waals surface area contributed by atoms with E-state index in [4.69, 9.17) is 0 Å². The third kappa shape index (κ3) is 39.3. The molecule has 58 valence electrons. The molecule has 0 saturated heterocycles. The van der Waals surface area contributed by atoms with E-state index in [2.05, 4.69) is 12.2 Å². The van der Waals surface area contributed by atoms with Crippen molar-refractivity contribution in [1.29, 1.82) is 0 Å². The fraction of sp³-hybridized carbons (Fsp3) is 0.500. The summed E-state index contributed by atoms with van der Waals surface area (Å²) in [6.45, 7) is 9.57. The Morgan fingerprint density at radius 1 is 1.50 bits per heavy atom. The van der Waals surface area contributed by atoms with Gasteiger partial charge in [-0.3, -0.25) is 0 Å². The number of hydrogen-bond acceptors (Lipinski definition) is 1. The Balaban J connectivity index is -0.000000107. The maximum absolute atomic E-state index is 3.63. The van der Waals surface area contributed by atoms with Crippen molar-refractivity contribution in [3.8, 4) is 0 Å². The Kier molecular flexibility index (Phi) is 27.3. The molecule has 0 fully saturated rings. The molecule has 0 aromatic heterocycles. The number of allylic oxidation sites excluding steroid dienone is 1. The molecule has 0 aliphatic rings. The first kappa shape index (κ1) is 16.8. The zero-order chi connectivity index (χ0) is 7.70. The predicted octanol–water partition coefficient (Wildman–Crippen LogP) is 2.17. The summed E-state index contributed by atoms with van der Waals surface area (Å²) < 4.78 is 0. The Hall–Kier alpha value is 0.462. The van der Waals surface area contributed by atoms with E-state index >= 15 is 0 Å². The monoisotopic (exact) mass is 365 g/mol. The molecule has 0 saturated carbocycles. The van der Waals surface area contributed by atoms with Gasteiger partial charge in [-0.25, -0.2) is 12.5 Å². The molecule has 0 aromatic rings. The Morgan fingerprint density at radius 3 is 1.80 bits per heavy atom. The van der Waals surface area contributed by atoms with Crippen LogP contribution in [0.3, 0.4) is 0 Å². The van der Waals surface area contributed by atoms with E-state index in [1.807, 2.05) is 40.4 Å².